The summed E-state index contributed by atoms with van der Waals surface area (Å²) in [5, 5.41) is 9.58. The van der Waals surface area contributed by atoms with E-state index in [0.29, 0.717) is 45.8 Å². The Kier molecular flexibility index (Phi) is 11.5. The van der Waals surface area contributed by atoms with Crippen molar-refractivity contribution in [2.75, 3.05) is 0 Å². The molecule has 0 saturated carbocycles. The molecule has 0 unspecified atom stereocenters. The topological polar surface area (TPSA) is 82.9 Å². The lowest BCUT2D eigenvalue weighted by Crippen LogP contribution is -2.17. The van der Waals surface area contributed by atoms with Crippen LogP contribution in [0.2, 0.25) is 20.1 Å². The summed E-state index contributed by atoms with van der Waals surface area (Å²) in [6.45, 7) is 0. The molecule has 32 heavy (non-hydrogen) atoms. The van der Waals surface area contributed by atoms with Crippen LogP contribution in [0.4, 0.5) is 0 Å². The van der Waals surface area contributed by atoms with E-state index in [2.05, 4.69) is 21.1 Å². The number of rotatable bonds is 11. The number of unbranched alkanes of at least 4 members (excludes halogenated alkanes) is 3. The zero-order chi connectivity index (χ0) is 23.3. The Morgan fingerprint density at radius 3 is 1.44 bits per heavy atom. The molecule has 0 aliphatic heterocycles. The largest absolute Gasteiger partial charge is 0.273 e. The van der Waals surface area contributed by atoms with Gasteiger partial charge in [0.2, 0.25) is 11.8 Å². The molecule has 0 saturated heterocycles. The van der Waals surface area contributed by atoms with Crippen molar-refractivity contribution >= 4 is 70.6 Å². The van der Waals surface area contributed by atoms with E-state index in [0.717, 1.165) is 24.0 Å². The maximum absolute atomic E-state index is 11.8. The van der Waals surface area contributed by atoms with Gasteiger partial charge in [0.05, 0.1) is 32.5 Å². The number of carbonyl (C=O) groups is 2. The van der Waals surface area contributed by atoms with Crippen LogP contribution < -0.4 is 10.9 Å². The van der Waals surface area contributed by atoms with Gasteiger partial charge in [-0.3, -0.25) is 9.59 Å². The Balaban J connectivity index is 1.53. The van der Waals surface area contributed by atoms with Gasteiger partial charge < -0.3 is 0 Å². The number of benzene rings is 2. The predicted octanol–water partition coefficient (Wildman–Crippen LogP) is 6.24. The summed E-state index contributed by atoms with van der Waals surface area (Å²) < 4.78 is 0. The van der Waals surface area contributed by atoms with Crippen LogP contribution in [0.3, 0.4) is 0 Å². The van der Waals surface area contributed by atoms with Crippen molar-refractivity contribution in [2.24, 2.45) is 10.2 Å². The lowest BCUT2D eigenvalue weighted by atomic mass is 10.1. The first-order valence-corrected chi connectivity index (χ1v) is 11.4. The van der Waals surface area contributed by atoms with Crippen LogP contribution in [0.1, 0.15) is 49.7 Å². The highest BCUT2D eigenvalue weighted by molar-refractivity contribution is 6.42. The van der Waals surface area contributed by atoms with Gasteiger partial charge in [-0.15, -0.1) is 0 Å². The number of hydrazone groups is 2. The van der Waals surface area contributed by atoms with Crippen molar-refractivity contribution in [3.63, 3.8) is 0 Å². The first-order valence-electron chi connectivity index (χ1n) is 9.89. The molecule has 0 fully saturated rings. The van der Waals surface area contributed by atoms with Gasteiger partial charge in [0.1, 0.15) is 0 Å². The highest BCUT2D eigenvalue weighted by Crippen LogP contribution is 2.22. The quantitative estimate of drug-likeness (QED) is 0.211. The Hall–Kier alpha value is -2.12. The third-order valence-electron chi connectivity index (χ3n) is 4.25. The van der Waals surface area contributed by atoms with E-state index >= 15 is 0 Å². The van der Waals surface area contributed by atoms with Gasteiger partial charge >= 0.3 is 0 Å². The van der Waals surface area contributed by atoms with Gasteiger partial charge in [-0.05, 0) is 48.2 Å². The van der Waals surface area contributed by atoms with Gasteiger partial charge in [-0.1, -0.05) is 71.4 Å². The lowest BCUT2D eigenvalue weighted by Gasteiger charge is -2.02. The molecule has 170 valence electrons. The fourth-order valence-electron chi connectivity index (χ4n) is 2.58. The minimum absolute atomic E-state index is 0.171. The molecule has 0 aliphatic carbocycles. The van der Waals surface area contributed by atoms with Gasteiger partial charge in [0, 0.05) is 12.8 Å². The monoisotopic (exact) mass is 514 g/mol. The molecular weight excluding hydrogens is 494 g/mol. The van der Waals surface area contributed by atoms with E-state index in [4.69, 9.17) is 46.4 Å². The van der Waals surface area contributed by atoms with Gasteiger partial charge in [-0.25, -0.2) is 10.9 Å². The molecule has 0 spiro atoms. The zero-order valence-corrected chi connectivity index (χ0v) is 20.1. The summed E-state index contributed by atoms with van der Waals surface area (Å²) in [4.78, 5) is 23.6. The average molecular weight is 516 g/mol. The number of hydrogen-bond acceptors (Lipinski definition) is 4. The van der Waals surface area contributed by atoms with Crippen molar-refractivity contribution in [3.05, 3.63) is 67.6 Å². The molecule has 2 rings (SSSR count). The maximum atomic E-state index is 11.8. The molecule has 0 bridgehead atoms. The van der Waals surface area contributed by atoms with E-state index < -0.39 is 0 Å². The molecule has 0 atom stereocenters. The summed E-state index contributed by atoms with van der Waals surface area (Å²) >= 11 is 23.5. The fourth-order valence-corrected chi connectivity index (χ4v) is 3.19. The van der Waals surface area contributed by atoms with Crippen LogP contribution in [-0.2, 0) is 9.59 Å². The van der Waals surface area contributed by atoms with E-state index in [1.54, 1.807) is 36.4 Å². The lowest BCUT2D eigenvalue weighted by molar-refractivity contribution is -0.122. The Morgan fingerprint density at radius 2 is 1.06 bits per heavy atom. The summed E-state index contributed by atoms with van der Waals surface area (Å²) in [5.41, 5.74) is 6.42. The van der Waals surface area contributed by atoms with Crippen molar-refractivity contribution in [1.82, 2.24) is 10.9 Å². The van der Waals surface area contributed by atoms with E-state index in [1.807, 2.05) is 0 Å². The number of nitrogens with one attached hydrogen (secondary N) is 2. The minimum atomic E-state index is -0.171. The molecule has 6 nitrogen and oxygen atoms in total. The van der Waals surface area contributed by atoms with Crippen molar-refractivity contribution in [1.29, 1.82) is 0 Å². The molecule has 0 heterocycles. The molecule has 10 heteroatoms. The van der Waals surface area contributed by atoms with Crippen LogP contribution in [0, 0.1) is 0 Å². The Labute approximate surface area is 207 Å². The van der Waals surface area contributed by atoms with Gasteiger partial charge in [0.25, 0.3) is 0 Å². The molecule has 2 N–H and O–H groups in total. The third kappa shape index (κ3) is 10.0. The third-order valence-corrected chi connectivity index (χ3v) is 5.73. The number of amides is 2. The highest BCUT2D eigenvalue weighted by atomic mass is 35.5. The SMILES string of the molecule is O=C(CCCCCCC(=O)N/N=C/c1ccc(Cl)c(Cl)c1)N/N=C/c1ccc(Cl)c(Cl)c1. The molecule has 2 aromatic rings. The predicted molar refractivity (Wildman–Crippen MR) is 132 cm³/mol. The van der Waals surface area contributed by atoms with Crippen LogP contribution in [0.15, 0.2) is 46.6 Å². The van der Waals surface area contributed by atoms with E-state index in [9.17, 15) is 9.59 Å². The van der Waals surface area contributed by atoms with Crippen molar-refractivity contribution < 1.29 is 9.59 Å². The second-order valence-corrected chi connectivity index (χ2v) is 8.48. The molecule has 0 aromatic heterocycles. The second kappa shape index (κ2) is 14.1. The summed E-state index contributed by atoms with van der Waals surface area (Å²) in [5.74, 6) is -0.341. The van der Waals surface area contributed by atoms with Crippen LogP contribution in [0.5, 0.6) is 0 Å². The number of nitrogens with zero attached hydrogens (tertiary/aromatic N) is 2. The average Bonchev–Trinajstić information content (AvgIpc) is 2.75. The first kappa shape index (κ1) is 26.1. The number of halogens is 4. The van der Waals surface area contributed by atoms with Crippen LogP contribution in [-0.4, -0.2) is 24.2 Å². The van der Waals surface area contributed by atoms with Crippen molar-refractivity contribution in [3.8, 4) is 0 Å². The first-order chi connectivity index (χ1) is 15.3. The van der Waals surface area contributed by atoms with Crippen molar-refractivity contribution in [2.45, 2.75) is 38.5 Å². The van der Waals surface area contributed by atoms with E-state index in [1.165, 1.54) is 12.4 Å². The Bertz CT molecular complexity index is 916. The summed E-state index contributed by atoms with van der Waals surface area (Å²) in [6, 6.07) is 10.1. The molecule has 0 radical (unpaired) electrons. The number of hydrogen-bond donors (Lipinski definition) is 2. The molecule has 2 aromatic carbocycles. The fraction of sp³-hybridized carbons (Fsp3) is 0.273. The molecule has 0 aliphatic rings. The smallest absolute Gasteiger partial charge is 0.240 e. The summed E-state index contributed by atoms with van der Waals surface area (Å²) in [6.07, 6.45) is 6.83. The Morgan fingerprint density at radius 1 is 0.656 bits per heavy atom. The maximum Gasteiger partial charge on any atom is 0.240 e. The highest BCUT2D eigenvalue weighted by Gasteiger charge is 2.03. The standard InChI is InChI=1S/C22H22Cl4N4O2/c23-17-9-7-15(11-19(17)25)13-27-29-21(31)5-3-1-2-4-6-22(32)30-28-14-16-8-10-18(24)20(26)12-16/h7-14H,1-6H2,(H,29,31)(H,30,32)/b27-13+,28-14+. The van der Waals surface area contributed by atoms with Gasteiger partial charge in [-0.2, -0.15) is 10.2 Å². The zero-order valence-electron chi connectivity index (χ0n) is 17.1. The van der Waals surface area contributed by atoms with E-state index in [-0.39, 0.29) is 11.8 Å². The normalized spacial score (nSPS) is 11.2. The van der Waals surface area contributed by atoms with Gasteiger partial charge in [0.15, 0.2) is 0 Å². The second-order valence-electron chi connectivity index (χ2n) is 6.85. The minimum Gasteiger partial charge on any atom is -0.273 e. The molecule has 2 amide bonds. The summed E-state index contributed by atoms with van der Waals surface area (Å²) in [7, 11) is 0. The van der Waals surface area contributed by atoms with Crippen LogP contribution in [0.25, 0.3) is 0 Å². The molecular formula is C22H22Cl4N4O2. The van der Waals surface area contributed by atoms with Crippen LogP contribution >= 0.6 is 46.4 Å². The number of carbonyl (C=O) groups excluding carboxylic acids is 2.